The molecule has 5 heteroatoms. The number of ether oxygens (including phenoxy) is 1. The van der Waals surface area contributed by atoms with Crippen molar-refractivity contribution in [1.29, 1.82) is 0 Å². The Kier molecular flexibility index (Phi) is 5.89. The third kappa shape index (κ3) is 4.60. The molecule has 0 bridgehead atoms. The minimum Gasteiger partial charge on any atom is -0.377 e. The average Bonchev–Trinajstić information content (AvgIpc) is 2.41. The van der Waals surface area contributed by atoms with Crippen molar-refractivity contribution in [3.63, 3.8) is 0 Å². The van der Waals surface area contributed by atoms with Crippen molar-refractivity contribution in [3.05, 3.63) is 28.0 Å². The van der Waals surface area contributed by atoms with E-state index in [1.807, 2.05) is 0 Å². The van der Waals surface area contributed by atoms with E-state index in [2.05, 4.69) is 16.8 Å². The summed E-state index contributed by atoms with van der Waals surface area (Å²) in [5, 5.41) is 1.18. The number of rotatable bonds is 5. The van der Waals surface area contributed by atoms with Crippen LogP contribution in [-0.4, -0.2) is 35.7 Å². The van der Waals surface area contributed by atoms with E-state index >= 15 is 0 Å². The monoisotopic (exact) mass is 302 g/mol. The van der Waals surface area contributed by atoms with E-state index in [1.165, 1.54) is 0 Å². The summed E-state index contributed by atoms with van der Waals surface area (Å²) in [5.41, 5.74) is 0.852. The second kappa shape index (κ2) is 7.44. The van der Waals surface area contributed by atoms with Crippen LogP contribution in [0.15, 0.2) is 12.1 Å². The molecular formula is C14H20Cl2N2O. The van der Waals surface area contributed by atoms with Gasteiger partial charge in [0.2, 0.25) is 0 Å². The summed E-state index contributed by atoms with van der Waals surface area (Å²) in [6.45, 7) is 5.73. The van der Waals surface area contributed by atoms with Crippen molar-refractivity contribution in [3.8, 4) is 0 Å². The molecule has 2 heterocycles. The fourth-order valence-electron chi connectivity index (χ4n) is 2.36. The Bertz CT molecular complexity index is 414. The highest BCUT2D eigenvalue weighted by molar-refractivity contribution is 6.32. The second-order valence-corrected chi connectivity index (χ2v) is 5.73. The van der Waals surface area contributed by atoms with Gasteiger partial charge >= 0.3 is 0 Å². The van der Waals surface area contributed by atoms with Crippen LogP contribution in [0, 0.1) is 0 Å². The number of hydrogen-bond acceptors (Lipinski definition) is 3. The van der Waals surface area contributed by atoms with Crippen LogP contribution in [0.3, 0.4) is 0 Å². The highest BCUT2D eigenvalue weighted by atomic mass is 35.5. The van der Waals surface area contributed by atoms with E-state index in [9.17, 15) is 0 Å². The highest BCUT2D eigenvalue weighted by Gasteiger charge is 2.21. The van der Waals surface area contributed by atoms with Gasteiger partial charge in [-0.2, -0.15) is 0 Å². The molecule has 1 aromatic heterocycles. The van der Waals surface area contributed by atoms with Crippen LogP contribution in [0.25, 0.3) is 0 Å². The van der Waals surface area contributed by atoms with Gasteiger partial charge in [0, 0.05) is 19.7 Å². The number of aromatic nitrogens is 1. The summed E-state index contributed by atoms with van der Waals surface area (Å²) in [5.74, 6) is 0. The van der Waals surface area contributed by atoms with E-state index in [1.54, 1.807) is 12.1 Å². The van der Waals surface area contributed by atoms with Crippen LogP contribution in [-0.2, 0) is 11.3 Å². The Morgan fingerprint density at radius 2 is 2.26 bits per heavy atom. The summed E-state index contributed by atoms with van der Waals surface area (Å²) >= 11 is 12.1. The van der Waals surface area contributed by atoms with Gasteiger partial charge in [0.1, 0.15) is 5.15 Å². The number of halogens is 2. The standard InChI is InChI=1S/C14H20Cl2N2O/c1-2-8-19-11-4-3-7-18(9-11)10-13-12(15)5-6-14(16)17-13/h5-6,11H,2-4,7-10H2,1H3. The first-order valence-corrected chi connectivity index (χ1v) is 7.59. The molecule has 1 atom stereocenters. The van der Waals surface area contributed by atoms with E-state index < -0.39 is 0 Å². The van der Waals surface area contributed by atoms with Crippen molar-refractivity contribution < 1.29 is 4.74 Å². The molecule has 1 aromatic rings. The molecule has 1 saturated heterocycles. The summed E-state index contributed by atoms with van der Waals surface area (Å²) in [4.78, 5) is 6.65. The Labute approximate surface area is 124 Å². The van der Waals surface area contributed by atoms with Crippen LogP contribution in [0.4, 0.5) is 0 Å². The number of hydrogen-bond donors (Lipinski definition) is 0. The normalized spacial score (nSPS) is 20.7. The van der Waals surface area contributed by atoms with Gasteiger partial charge in [-0.1, -0.05) is 30.1 Å². The number of nitrogens with zero attached hydrogens (tertiary/aromatic N) is 2. The molecule has 1 fully saturated rings. The quantitative estimate of drug-likeness (QED) is 0.774. The molecule has 0 aliphatic carbocycles. The van der Waals surface area contributed by atoms with Crippen molar-refractivity contribution in [2.24, 2.45) is 0 Å². The molecule has 2 rings (SSSR count). The SMILES string of the molecule is CCCOC1CCCN(Cc2nc(Cl)ccc2Cl)C1. The van der Waals surface area contributed by atoms with Gasteiger partial charge in [-0.05, 0) is 37.9 Å². The lowest BCUT2D eigenvalue weighted by Gasteiger charge is -2.32. The maximum absolute atomic E-state index is 6.16. The fraction of sp³-hybridized carbons (Fsp3) is 0.643. The summed E-state index contributed by atoms with van der Waals surface area (Å²) in [6, 6.07) is 3.53. The molecule has 1 unspecified atom stereocenters. The lowest BCUT2D eigenvalue weighted by Crippen LogP contribution is -2.39. The van der Waals surface area contributed by atoms with Crippen LogP contribution in [0.2, 0.25) is 10.2 Å². The van der Waals surface area contributed by atoms with Gasteiger partial charge in [-0.3, -0.25) is 4.90 Å². The van der Waals surface area contributed by atoms with Crippen LogP contribution >= 0.6 is 23.2 Å². The predicted molar refractivity (Wildman–Crippen MR) is 78.8 cm³/mol. The molecule has 106 valence electrons. The Balaban J connectivity index is 1.93. The number of pyridine rings is 1. The van der Waals surface area contributed by atoms with Crippen molar-refractivity contribution >= 4 is 23.2 Å². The fourth-order valence-corrected chi connectivity index (χ4v) is 2.69. The van der Waals surface area contributed by atoms with E-state index in [-0.39, 0.29) is 0 Å². The van der Waals surface area contributed by atoms with Crippen molar-refractivity contribution in [2.45, 2.75) is 38.8 Å². The topological polar surface area (TPSA) is 25.4 Å². The highest BCUT2D eigenvalue weighted by Crippen LogP contribution is 2.21. The molecule has 0 aromatic carbocycles. The van der Waals surface area contributed by atoms with Gasteiger partial charge < -0.3 is 4.74 Å². The van der Waals surface area contributed by atoms with Crippen LogP contribution in [0.1, 0.15) is 31.9 Å². The molecule has 0 radical (unpaired) electrons. The Morgan fingerprint density at radius 3 is 3.05 bits per heavy atom. The van der Waals surface area contributed by atoms with E-state index in [0.29, 0.717) is 16.3 Å². The minimum absolute atomic E-state index is 0.339. The van der Waals surface area contributed by atoms with E-state index in [0.717, 1.165) is 51.2 Å². The summed E-state index contributed by atoms with van der Waals surface area (Å²) in [6.07, 6.45) is 3.71. The second-order valence-electron chi connectivity index (χ2n) is 4.93. The first kappa shape index (κ1) is 15.0. The molecule has 0 amide bonds. The molecule has 3 nitrogen and oxygen atoms in total. The first-order chi connectivity index (χ1) is 9.19. The molecule has 0 spiro atoms. The predicted octanol–water partition coefficient (Wildman–Crippen LogP) is 3.78. The largest absolute Gasteiger partial charge is 0.377 e. The van der Waals surface area contributed by atoms with Crippen LogP contribution in [0.5, 0.6) is 0 Å². The lowest BCUT2D eigenvalue weighted by atomic mass is 10.1. The van der Waals surface area contributed by atoms with Gasteiger partial charge in [-0.15, -0.1) is 0 Å². The lowest BCUT2D eigenvalue weighted by molar-refractivity contribution is -0.00251. The minimum atomic E-state index is 0.339. The summed E-state index contributed by atoms with van der Waals surface area (Å²) < 4.78 is 5.83. The average molecular weight is 303 g/mol. The number of piperidine rings is 1. The maximum atomic E-state index is 6.16. The zero-order chi connectivity index (χ0) is 13.7. The van der Waals surface area contributed by atoms with Crippen LogP contribution < -0.4 is 0 Å². The van der Waals surface area contributed by atoms with Crippen molar-refractivity contribution in [2.75, 3.05) is 19.7 Å². The molecule has 0 saturated carbocycles. The zero-order valence-corrected chi connectivity index (χ0v) is 12.8. The van der Waals surface area contributed by atoms with Gasteiger partial charge in [-0.25, -0.2) is 4.98 Å². The number of likely N-dealkylation sites (tertiary alicyclic amines) is 1. The zero-order valence-electron chi connectivity index (χ0n) is 11.2. The Hall–Kier alpha value is -0.350. The third-order valence-electron chi connectivity index (χ3n) is 3.28. The van der Waals surface area contributed by atoms with E-state index in [4.69, 9.17) is 27.9 Å². The first-order valence-electron chi connectivity index (χ1n) is 6.84. The molecule has 0 N–H and O–H groups in total. The third-order valence-corrected chi connectivity index (χ3v) is 3.83. The smallest absolute Gasteiger partial charge is 0.129 e. The van der Waals surface area contributed by atoms with Crippen molar-refractivity contribution in [1.82, 2.24) is 9.88 Å². The summed E-state index contributed by atoms with van der Waals surface area (Å²) in [7, 11) is 0. The maximum Gasteiger partial charge on any atom is 0.129 e. The van der Waals surface area contributed by atoms with Gasteiger partial charge in [0.15, 0.2) is 0 Å². The molecule has 1 aliphatic rings. The molecule has 19 heavy (non-hydrogen) atoms. The molecular weight excluding hydrogens is 283 g/mol. The molecule has 1 aliphatic heterocycles. The Morgan fingerprint density at radius 1 is 1.42 bits per heavy atom. The van der Waals surface area contributed by atoms with Gasteiger partial charge in [0.05, 0.1) is 16.8 Å². The van der Waals surface area contributed by atoms with Gasteiger partial charge in [0.25, 0.3) is 0 Å².